The second-order valence-corrected chi connectivity index (χ2v) is 8.35. The molecule has 0 spiro atoms. The molecule has 1 aromatic rings. The van der Waals surface area contributed by atoms with Crippen LogP contribution in [0.2, 0.25) is 5.82 Å². The predicted molar refractivity (Wildman–Crippen MR) is 114 cm³/mol. The number of amides is 2. The fraction of sp³-hybridized carbons (Fsp3) is 0.526. The number of rotatable bonds is 11. The minimum absolute atomic E-state index is 0.0182. The Labute approximate surface area is 185 Å². The van der Waals surface area contributed by atoms with Gasteiger partial charge < -0.3 is 41.8 Å². The van der Waals surface area contributed by atoms with E-state index >= 15 is 0 Å². The quantitative estimate of drug-likeness (QED) is 0.182. The second kappa shape index (κ2) is 10.2. The minimum atomic E-state index is -1.61. The third-order valence-electron chi connectivity index (χ3n) is 5.20. The number of hydrogen-bond acceptors (Lipinski definition) is 9. The van der Waals surface area contributed by atoms with Gasteiger partial charge in [-0.1, -0.05) is 13.0 Å². The lowest BCUT2D eigenvalue weighted by molar-refractivity contribution is -0.129. The number of carbonyl (C=O) groups is 3. The number of primary amides is 1. The number of nitrogens with two attached hydrogens (primary N) is 2. The number of aromatic carboxylic acids is 1. The van der Waals surface area contributed by atoms with Crippen molar-refractivity contribution in [2.45, 2.75) is 37.7 Å². The molecule has 1 fully saturated rings. The van der Waals surface area contributed by atoms with Crippen LogP contribution in [-0.2, 0) is 16.0 Å². The van der Waals surface area contributed by atoms with Crippen LogP contribution in [0.25, 0.3) is 0 Å². The van der Waals surface area contributed by atoms with Gasteiger partial charge in [-0.3, -0.25) is 14.5 Å². The molecule has 2 rings (SSSR count). The number of aromatic hydroxyl groups is 1. The van der Waals surface area contributed by atoms with E-state index in [4.69, 9.17) is 16.2 Å². The molecule has 0 aliphatic carbocycles. The van der Waals surface area contributed by atoms with E-state index in [0.717, 1.165) is 0 Å². The number of benzene rings is 1. The molecule has 1 heterocycles. The monoisotopic (exact) mass is 452 g/mol. The molecule has 2 atom stereocenters. The van der Waals surface area contributed by atoms with Gasteiger partial charge >= 0.3 is 13.1 Å². The van der Waals surface area contributed by atoms with Crippen molar-refractivity contribution in [2.75, 3.05) is 26.2 Å². The van der Waals surface area contributed by atoms with Crippen LogP contribution < -0.4 is 21.5 Å². The smallest absolute Gasteiger partial charge is 0.454 e. The molecule has 0 aromatic heterocycles. The number of carbonyl (C=O) groups excluding carboxylic acids is 2. The van der Waals surface area contributed by atoms with Crippen LogP contribution in [0.15, 0.2) is 12.1 Å². The number of phenols is 1. The summed E-state index contributed by atoms with van der Waals surface area (Å²) in [5, 5.41) is 40.8. The molecule has 2 amide bonds. The van der Waals surface area contributed by atoms with E-state index in [2.05, 4.69) is 5.32 Å². The molecule has 0 bridgehead atoms. The lowest BCUT2D eigenvalue weighted by Crippen LogP contribution is -2.64. The van der Waals surface area contributed by atoms with Gasteiger partial charge in [-0.05, 0) is 30.8 Å². The fourth-order valence-electron chi connectivity index (χ4n) is 3.35. The van der Waals surface area contributed by atoms with Crippen LogP contribution >= 0.6 is 0 Å². The Bertz CT molecular complexity index is 873. The van der Waals surface area contributed by atoms with E-state index in [1.54, 1.807) is 6.92 Å². The number of ether oxygens (including phenoxy) is 1. The van der Waals surface area contributed by atoms with Crippen molar-refractivity contribution in [3.05, 3.63) is 23.3 Å². The summed E-state index contributed by atoms with van der Waals surface area (Å²) in [5.74, 6) is -3.71. The summed E-state index contributed by atoms with van der Waals surface area (Å²) < 4.78 is 5.73. The molecule has 1 aromatic carbocycles. The number of hydrogen-bond donors (Lipinski definition) is 7. The van der Waals surface area contributed by atoms with Gasteiger partial charge in [0.05, 0.1) is 6.54 Å². The average molecular weight is 452 g/mol. The molecule has 1 aliphatic heterocycles. The van der Waals surface area contributed by atoms with Crippen molar-refractivity contribution in [3.8, 4) is 11.5 Å². The van der Waals surface area contributed by atoms with Gasteiger partial charge in [0, 0.05) is 19.6 Å². The lowest BCUT2D eigenvalue weighted by atomic mass is 9.71. The van der Waals surface area contributed by atoms with Gasteiger partial charge in [-0.15, -0.1) is 0 Å². The first kappa shape index (κ1) is 25.4. The summed E-state index contributed by atoms with van der Waals surface area (Å²) in [7, 11) is -1.61. The highest BCUT2D eigenvalue weighted by molar-refractivity contribution is 6.43. The molecule has 0 radical (unpaired) electrons. The van der Waals surface area contributed by atoms with Crippen molar-refractivity contribution in [2.24, 2.45) is 11.5 Å². The van der Waals surface area contributed by atoms with Crippen LogP contribution in [0.3, 0.4) is 0 Å². The highest BCUT2D eigenvalue weighted by atomic mass is 16.5. The highest BCUT2D eigenvalue weighted by Crippen LogP contribution is 2.35. The summed E-state index contributed by atoms with van der Waals surface area (Å²) >= 11 is 0. The number of likely N-dealkylation sites (tertiary alicyclic amines) is 1. The Kier molecular flexibility index (Phi) is 8.07. The summed E-state index contributed by atoms with van der Waals surface area (Å²) in [5.41, 5.74) is 9.60. The second-order valence-electron chi connectivity index (χ2n) is 8.35. The molecule has 1 saturated heterocycles. The van der Waals surface area contributed by atoms with Gasteiger partial charge in [-0.25, -0.2) is 4.79 Å². The molecule has 9 N–H and O–H groups in total. The zero-order chi connectivity index (χ0) is 24.2. The summed E-state index contributed by atoms with van der Waals surface area (Å²) in [6, 6.07) is 2.90. The van der Waals surface area contributed by atoms with Gasteiger partial charge in [0.25, 0.3) is 0 Å². The van der Waals surface area contributed by atoms with Crippen molar-refractivity contribution in [1.29, 1.82) is 0 Å². The van der Waals surface area contributed by atoms with E-state index < -0.39 is 47.6 Å². The SMILES string of the molecule is C[C@H](Cc1ccc(OC2CN(C[C@](C)(N)C(=O)NCC(N)=O)C2)c(C(=O)O)c1O)B(O)O. The maximum Gasteiger partial charge on any atom is 0.454 e. The van der Waals surface area contributed by atoms with E-state index in [-0.39, 0.29) is 36.9 Å². The maximum absolute atomic E-state index is 12.1. The van der Waals surface area contributed by atoms with Crippen molar-refractivity contribution < 1.29 is 39.4 Å². The third kappa shape index (κ3) is 6.32. The Morgan fingerprint density at radius 3 is 2.50 bits per heavy atom. The van der Waals surface area contributed by atoms with E-state index in [1.807, 2.05) is 4.90 Å². The zero-order valence-electron chi connectivity index (χ0n) is 17.9. The molecular weight excluding hydrogens is 423 g/mol. The first-order valence-corrected chi connectivity index (χ1v) is 10.0. The average Bonchev–Trinajstić information content (AvgIpc) is 2.65. The summed E-state index contributed by atoms with van der Waals surface area (Å²) in [6.45, 7) is 3.66. The van der Waals surface area contributed by atoms with Crippen LogP contribution in [-0.4, -0.2) is 87.9 Å². The highest BCUT2D eigenvalue weighted by Gasteiger charge is 2.38. The van der Waals surface area contributed by atoms with Gasteiger partial charge in [0.1, 0.15) is 28.7 Å². The Balaban J connectivity index is 2.00. The largest absolute Gasteiger partial charge is 0.507 e. The predicted octanol–water partition coefficient (Wildman–Crippen LogP) is -2.12. The van der Waals surface area contributed by atoms with E-state index in [0.29, 0.717) is 13.1 Å². The molecule has 176 valence electrons. The van der Waals surface area contributed by atoms with Crippen molar-refractivity contribution in [1.82, 2.24) is 10.2 Å². The first-order chi connectivity index (χ1) is 14.8. The molecular formula is C19H29BN4O8. The lowest BCUT2D eigenvalue weighted by Gasteiger charge is -2.42. The normalized spacial score (nSPS) is 17.0. The Morgan fingerprint density at radius 2 is 1.97 bits per heavy atom. The van der Waals surface area contributed by atoms with Crippen LogP contribution in [0.4, 0.5) is 0 Å². The van der Waals surface area contributed by atoms with Gasteiger partial charge in [-0.2, -0.15) is 0 Å². The van der Waals surface area contributed by atoms with Crippen molar-refractivity contribution >= 4 is 24.9 Å². The molecule has 0 unspecified atom stereocenters. The number of carboxylic acid groups (broad SMARTS) is 1. The van der Waals surface area contributed by atoms with Crippen LogP contribution in [0.1, 0.15) is 29.8 Å². The van der Waals surface area contributed by atoms with Gasteiger partial charge in [0.15, 0.2) is 0 Å². The molecule has 0 saturated carbocycles. The zero-order valence-corrected chi connectivity index (χ0v) is 17.9. The Hall–Kier alpha value is -2.87. The Morgan fingerprint density at radius 1 is 1.34 bits per heavy atom. The number of nitrogens with zero attached hydrogens (tertiary/aromatic N) is 1. The summed E-state index contributed by atoms with van der Waals surface area (Å²) in [6.07, 6.45) is -0.324. The molecule has 13 heteroatoms. The number of carboxylic acids is 1. The van der Waals surface area contributed by atoms with E-state index in [1.165, 1.54) is 19.1 Å². The first-order valence-electron chi connectivity index (χ1n) is 10.0. The standard InChI is InChI=1S/C19H29BN4O8/c1-10(20(30)31)5-11-3-4-13(15(16(11)26)17(27)28)32-12-7-24(8-12)9-19(2,22)18(29)23-6-14(21)25/h3-4,10,12,26,30-31H,5-9,22H2,1-2H3,(H2,21,25)(H,23,29)(H,27,28)/t10-,19+/m1/s1. The van der Waals surface area contributed by atoms with Crippen molar-refractivity contribution in [3.63, 3.8) is 0 Å². The van der Waals surface area contributed by atoms with Gasteiger partial charge in [0.2, 0.25) is 11.8 Å². The minimum Gasteiger partial charge on any atom is -0.507 e. The number of nitrogens with one attached hydrogen (secondary N) is 1. The van der Waals surface area contributed by atoms with Crippen LogP contribution in [0.5, 0.6) is 11.5 Å². The molecule has 1 aliphatic rings. The van der Waals surface area contributed by atoms with E-state index in [9.17, 15) is 34.6 Å². The topological polar surface area (TPSA) is 209 Å². The fourth-order valence-corrected chi connectivity index (χ4v) is 3.35. The molecule has 32 heavy (non-hydrogen) atoms. The third-order valence-corrected chi connectivity index (χ3v) is 5.20. The van der Waals surface area contributed by atoms with Crippen LogP contribution in [0, 0.1) is 0 Å². The molecule has 12 nitrogen and oxygen atoms in total. The maximum atomic E-state index is 12.1. The summed E-state index contributed by atoms with van der Waals surface area (Å²) in [4.78, 5) is 36.4.